The number of aromatic nitrogens is 1. The maximum Gasteiger partial charge on any atom is 0.376 e. The Morgan fingerprint density at radius 1 is 1.48 bits per heavy atom. The van der Waals surface area contributed by atoms with Gasteiger partial charge in [0.25, 0.3) is 0 Å². The Bertz CT molecular complexity index is 693. The maximum atomic E-state index is 11.4. The van der Waals surface area contributed by atoms with Crippen LogP contribution in [0.4, 0.5) is 5.82 Å². The summed E-state index contributed by atoms with van der Waals surface area (Å²) in [7, 11) is 0. The van der Waals surface area contributed by atoms with Gasteiger partial charge in [-0.15, -0.1) is 0 Å². The molecule has 0 spiro atoms. The minimum Gasteiger partial charge on any atom is -0.456 e. The van der Waals surface area contributed by atoms with Gasteiger partial charge in [0, 0.05) is 16.5 Å². The number of ether oxygens (including phenoxy) is 2. The van der Waals surface area contributed by atoms with E-state index in [0.717, 1.165) is 32.1 Å². The third-order valence-electron chi connectivity index (χ3n) is 5.28. The largest absolute Gasteiger partial charge is 0.456 e. The SMILES string of the molecule is CC12CC(C(=N)c3ccc(OC4CCC4)nc3[N+](=O)[O-])(CO1)C2. The third kappa shape index (κ3) is 2.22. The van der Waals surface area contributed by atoms with Crippen LogP contribution in [0.15, 0.2) is 12.1 Å². The molecule has 1 aromatic heterocycles. The van der Waals surface area contributed by atoms with E-state index in [0.29, 0.717) is 6.61 Å². The lowest BCUT2D eigenvalue weighted by molar-refractivity contribution is -0.389. The van der Waals surface area contributed by atoms with Crippen LogP contribution in [0.5, 0.6) is 5.88 Å². The van der Waals surface area contributed by atoms with Gasteiger partial charge in [0.2, 0.25) is 0 Å². The molecule has 23 heavy (non-hydrogen) atoms. The van der Waals surface area contributed by atoms with Gasteiger partial charge < -0.3 is 25.0 Å². The van der Waals surface area contributed by atoms with Crippen LogP contribution in [0.25, 0.3) is 0 Å². The molecule has 1 aromatic rings. The molecule has 7 nitrogen and oxygen atoms in total. The zero-order chi connectivity index (χ0) is 16.2. The number of fused-ring (bicyclic) bond motifs is 1. The van der Waals surface area contributed by atoms with E-state index in [1.54, 1.807) is 12.1 Å². The average molecular weight is 317 g/mol. The van der Waals surface area contributed by atoms with Gasteiger partial charge >= 0.3 is 11.7 Å². The molecular weight excluding hydrogens is 298 g/mol. The smallest absolute Gasteiger partial charge is 0.376 e. The van der Waals surface area contributed by atoms with Crippen LogP contribution in [-0.2, 0) is 4.74 Å². The van der Waals surface area contributed by atoms with Crippen LogP contribution in [0, 0.1) is 20.9 Å². The summed E-state index contributed by atoms with van der Waals surface area (Å²) < 4.78 is 11.3. The van der Waals surface area contributed by atoms with Crippen molar-refractivity contribution in [3.63, 3.8) is 0 Å². The number of pyridine rings is 1. The van der Waals surface area contributed by atoms with Gasteiger partial charge in [-0.2, -0.15) is 0 Å². The summed E-state index contributed by atoms with van der Waals surface area (Å²) in [5.41, 5.74) is -0.00958. The quantitative estimate of drug-likeness (QED) is 0.511. The van der Waals surface area contributed by atoms with Crippen molar-refractivity contribution in [1.29, 1.82) is 5.41 Å². The minimum atomic E-state index is -0.526. The Hall–Kier alpha value is -2.02. The standard InChI is InChI=1S/C16H19N3O4/c1-15-7-16(8-15,9-22-15)13(17)11-5-6-12(18-14(11)19(20)21)23-10-3-2-4-10/h5-6,10,17H,2-4,7-9H2,1H3. The highest BCUT2D eigenvalue weighted by Crippen LogP contribution is 2.59. The molecule has 5 rings (SSSR count). The molecule has 2 aliphatic heterocycles. The molecule has 1 N–H and O–H groups in total. The molecule has 2 aliphatic carbocycles. The molecule has 0 amide bonds. The summed E-state index contributed by atoms with van der Waals surface area (Å²) in [4.78, 5) is 14.9. The number of rotatable bonds is 5. The second kappa shape index (κ2) is 4.74. The van der Waals surface area contributed by atoms with Gasteiger partial charge in [0.1, 0.15) is 6.10 Å². The summed E-state index contributed by atoms with van der Waals surface area (Å²) in [5, 5.41) is 19.9. The number of hydrogen-bond donors (Lipinski definition) is 1. The van der Waals surface area contributed by atoms with Gasteiger partial charge in [-0.25, -0.2) is 0 Å². The topological polar surface area (TPSA) is 98.3 Å². The molecule has 0 aromatic carbocycles. The fraction of sp³-hybridized carbons (Fsp3) is 0.625. The van der Waals surface area contributed by atoms with Gasteiger partial charge in [-0.1, -0.05) is 0 Å². The van der Waals surface area contributed by atoms with Gasteiger partial charge in [-0.3, -0.25) is 0 Å². The Morgan fingerprint density at radius 3 is 2.74 bits per heavy atom. The van der Waals surface area contributed by atoms with E-state index in [-0.39, 0.29) is 34.7 Å². The molecule has 2 saturated carbocycles. The summed E-state index contributed by atoms with van der Waals surface area (Å²) in [6.45, 7) is 2.48. The summed E-state index contributed by atoms with van der Waals surface area (Å²) in [5.74, 6) is -0.0155. The summed E-state index contributed by atoms with van der Waals surface area (Å²) in [6.07, 6.45) is 4.66. The van der Waals surface area contributed by atoms with Crippen molar-refractivity contribution in [3.05, 3.63) is 27.8 Å². The van der Waals surface area contributed by atoms with Crippen molar-refractivity contribution in [2.75, 3.05) is 6.61 Å². The number of hydrogen-bond acceptors (Lipinski definition) is 6. The molecule has 2 bridgehead atoms. The molecule has 4 fully saturated rings. The first-order chi connectivity index (χ1) is 10.9. The van der Waals surface area contributed by atoms with Crippen LogP contribution >= 0.6 is 0 Å². The highest BCUT2D eigenvalue weighted by Gasteiger charge is 2.62. The van der Waals surface area contributed by atoms with E-state index in [1.807, 2.05) is 6.92 Å². The van der Waals surface area contributed by atoms with Crippen molar-refractivity contribution in [1.82, 2.24) is 4.98 Å². The van der Waals surface area contributed by atoms with Crippen molar-refractivity contribution in [2.45, 2.75) is 50.7 Å². The van der Waals surface area contributed by atoms with Gasteiger partial charge in [0.05, 0.1) is 23.5 Å². The van der Waals surface area contributed by atoms with Crippen LogP contribution < -0.4 is 4.74 Å². The average Bonchev–Trinajstić information content (AvgIpc) is 2.96. The van der Waals surface area contributed by atoms with Crippen LogP contribution in [0.3, 0.4) is 0 Å². The lowest BCUT2D eigenvalue weighted by Crippen LogP contribution is -2.47. The highest BCUT2D eigenvalue weighted by atomic mass is 16.6. The predicted molar refractivity (Wildman–Crippen MR) is 82.0 cm³/mol. The first-order valence-electron chi connectivity index (χ1n) is 7.96. The van der Waals surface area contributed by atoms with E-state index < -0.39 is 10.3 Å². The molecule has 7 heteroatoms. The van der Waals surface area contributed by atoms with Crippen LogP contribution in [0.1, 0.15) is 44.6 Å². The van der Waals surface area contributed by atoms with Crippen molar-refractivity contribution >= 4 is 11.5 Å². The second-order valence-electron chi connectivity index (χ2n) is 7.20. The van der Waals surface area contributed by atoms with Crippen molar-refractivity contribution in [3.8, 4) is 5.88 Å². The summed E-state index contributed by atoms with van der Waals surface area (Å²) >= 11 is 0. The first-order valence-corrected chi connectivity index (χ1v) is 7.96. The lowest BCUT2D eigenvalue weighted by atomic mass is 9.60. The molecule has 0 unspecified atom stereocenters. The zero-order valence-electron chi connectivity index (χ0n) is 13.0. The third-order valence-corrected chi connectivity index (χ3v) is 5.28. The Balaban J connectivity index is 1.62. The Morgan fingerprint density at radius 2 is 2.22 bits per heavy atom. The number of nitrogens with one attached hydrogen (secondary N) is 1. The normalized spacial score (nSPS) is 32.0. The van der Waals surface area contributed by atoms with E-state index in [4.69, 9.17) is 14.9 Å². The van der Waals surface area contributed by atoms with E-state index in [9.17, 15) is 10.1 Å². The second-order valence-corrected chi connectivity index (χ2v) is 7.20. The van der Waals surface area contributed by atoms with E-state index >= 15 is 0 Å². The molecule has 3 heterocycles. The number of nitro groups is 1. The van der Waals surface area contributed by atoms with E-state index in [2.05, 4.69) is 4.98 Å². The maximum absolute atomic E-state index is 11.4. The van der Waals surface area contributed by atoms with Crippen molar-refractivity contribution in [2.24, 2.45) is 5.41 Å². The molecule has 4 aliphatic rings. The Labute approximate surface area is 133 Å². The van der Waals surface area contributed by atoms with Crippen LogP contribution in [-0.4, -0.2) is 33.9 Å². The molecule has 0 atom stereocenters. The fourth-order valence-electron chi connectivity index (χ4n) is 3.92. The van der Waals surface area contributed by atoms with E-state index in [1.165, 1.54) is 0 Å². The lowest BCUT2D eigenvalue weighted by Gasteiger charge is -2.42. The first kappa shape index (κ1) is 14.6. The highest BCUT2D eigenvalue weighted by molar-refractivity contribution is 6.06. The molecule has 122 valence electrons. The summed E-state index contributed by atoms with van der Waals surface area (Å²) in [6, 6.07) is 3.24. The van der Waals surface area contributed by atoms with Crippen molar-refractivity contribution < 1.29 is 14.4 Å². The molecule has 0 radical (unpaired) electrons. The van der Waals surface area contributed by atoms with Crippen LogP contribution in [0.2, 0.25) is 0 Å². The number of nitrogens with zero attached hydrogens (tertiary/aromatic N) is 2. The van der Waals surface area contributed by atoms with Gasteiger partial charge in [-0.05, 0) is 50.0 Å². The minimum absolute atomic E-state index is 0.113. The monoisotopic (exact) mass is 317 g/mol. The molecular formula is C16H19N3O4. The fourth-order valence-corrected chi connectivity index (χ4v) is 3.92. The predicted octanol–water partition coefficient (Wildman–Crippen LogP) is 2.86. The van der Waals surface area contributed by atoms with Gasteiger partial charge in [0.15, 0.2) is 0 Å². The zero-order valence-corrected chi connectivity index (χ0v) is 13.0. The Kier molecular flexibility index (Phi) is 3.00. The molecule has 2 saturated heterocycles.